The molecular weight excluding hydrogens is 383 g/mol. The van der Waals surface area contributed by atoms with Gasteiger partial charge in [-0.3, -0.25) is 4.79 Å². The van der Waals surface area contributed by atoms with Crippen molar-refractivity contribution in [1.82, 2.24) is 0 Å². The van der Waals surface area contributed by atoms with Crippen LogP contribution in [0.2, 0.25) is 0 Å². The van der Waals surface area contributed by atoms with Crippen LogP contribution in [-0.4, -0.2) is 11.7 Å². The number of nitrogens with one attached hydrogen (secondary N) is 1. The van der Waals surface area contributed by atoms with Gasteiger partial charge in [-0.2, -0.15) is 13.2 Å². The minimum Gasteiger partial charge on any atom is -0.325 e. The van der Waals surface area contributed by atoms with E-state index in [4.69, 9.17) is 0 Å². The Morgan fingerprint density at radius 3 is 1.86 bits per heavy atom. The van der Waals surface area contributed by atoms with Crippen molar-refractivity contribution in [3.8, 4) is 0 Å². The van der Waals surface area contributed by atoms with Crippen molar-refractivity contribution < 1.29 is 18.0 Å². The fourth-order valence-corrected chi connectivity index (χ4v) is 3.91. The summed E-state index contributed by atoms with van der Waals surface area (Å²) in [5, 5.41) is 2.30. The maximum atomic E-state index is 13.1. The predicted molar refractivity (Wildman–Crippen MR) is 107 cm³/mol. The van der Waals surface area contributed by atoms with E-state index in [2.05, 4.69) is 5.32 Å². The Labute approximate surface area is 165 Å². The van der Waals surface area contributed by atoms with E-state index in [1.807, 2.05) is 60.7 Å². The number of para-hydroxylation sites is 1. The molecule has 2 nitrogen and oxygen atoms in total. The zero-order chi connectivity index (χ0) is 20.0. The molecule has 1 N–H and O–H groups in total. The molecule has 3 aromatic rings. The Balaban J connectivity index is 1.73. The number of amides is 1. The van der Waals surface area contributed by atoms with Gasteiger partial charge in [-0.15, -0.1) is 11.8 Å². The van der Waals surface area contributed by atoms with Gasteiger partial charge in [0.15, 0.2) is 0 Å². The highest BCUT2D eigenvalue weighted by atomic mass is 32.2. The molecule has 3 aromatic carbocycles. The van der Waals surface area contributed by atoms with Crippen molar-refractivity contribution in [2.45, 2.75) is 11.4 Å². The molecule has 0 aromatic heterocycles. The van der Waals surface area contributed by atoms with E-state index in [0.717, 1.165) is 17.2 Å². The van der Waals surface area contributed by atoms with E-state index < -0.39 is 17.6 Å². The highest BCUT2D eigenvalue weighted by molar-refractivity contribution is 8.00. The number of rotatable bonds is 6. The van der Waals surface area contributed by atoms with Crippen molar-refractivity contribution in [2.75, 3.05) is 11.1 Å². The maximum Gasteiger partial charge on any atom is 0.418 e. The molecule has 144 valence electrons. The smallest absolute Gasteiger partial charge is 0.325 e. The number of benzene rings is 3. The first-order chi connectivity index (χ1) is 13.4. The van der Waals surface area contributed by atoms with Gasteiger partial charge in [0, 0.05) is 0 Å². The van der Waals surface area contributed by atoms with Crippen LogP contribution in [0.25, 0.3) is 0 Å². The fourth-order valence-electron chi connectivity index (χ4n) is 2.83. The first-order valence-electron chi connectivity index (χ1n) is 8.63. The van der Waals surface area contributed by atoms with Crippen LogP contribution >= 0.6 is 11.8 Å². The van der Waals surface area contributed by atoms with E-state index >= 15 is 0 Å². The molecule has 0 heterocycles. The number of carbonyl (C=O) groups excluding carboxylic acids is 1. The monoisotopic (exact) mass is 401 g/mol. The summed E-state index contributed by atoms with van der Waals surface area (Å²) in [6, 6.07) is 24.4. The summed E-state index contributed by atoms with van der Waals surface area (Å²) < 4.78 is 39.3. The lowest BCUT2D eigenvalue weighted by Gasteiger charge is -2.18. The Morgan fingerprint density at radius 2 is 1.32 bits per heavy atom. The first-order valence-corrected chi connectivity index (χ1v) is 9.67. The molecule has 3 rings (SSSR count). The van der Waals surface area contributed by atoms with Crippen LogP contribution in [0.4, 0.5) is 18.9 Å². The molecule has 0 saturated heterocycles. The summed E-state index contributed by atoms with van der Waals surface area (Å²) in [4.78, 5) is 12.4. The predicted octanol–water partition coefficient (Wildman–Crippen LogP) is 6.17. The standard InChI is InChI=1S/C22H18F3NOS/c23-22(24,25)18-13-7-8-14-19(18)26-20(27)15-28-21(16-9-3-1-4-10-16)17-11-5-2-6-12-17/h1-14,21H,15H2,(H,26,27). The molecule has 0 spiro atoms. The van der Waals surface area contributed by atoms with Gasteiger partial charge in [0.05, 0.1) is 22.3 Å². The third-order valence-electron chi connectivity index (χ3n) is 4.09. The quantitative estimate of drug-likeness (QED) is 0.535. The third-order valence-corrected chi connectivity index (χ3v) is 5.40. The summed E-state index contributed by atoms with van der Waals surface area (Å²) in [6.07, 6.45) is -4.52. The van der Waals surface area contributed by atoms with E-state index in [0.29, 0.717) is 0 Å². The third kappa shape index (κ3) is 5.16. The average Bonchev–Trinajstić information content (AvgIpc) is 2.69. The van der Waals surface area contributed by atoms with Gasteiger partial charge in [0.1, 0.15) is 0 Å². The van der Waals surface area contributed by atoms with Crippen molar-refractivity contribution in [3.05, 3.63) is 102 Å². The molecular formula is C22H18F3NOS. The molecule has 0 radical (unpaired) electrons. The molecule has 0 bridgehead atoms. The van der Waals surface area contributed by atoms with E-state index in [1.54, 1.807) is 0 Å². The molecule has 0 unspecified atom stereocenters. The number of alkyl halides is 3. The lowest BCUT2D eigenvalue weighted by atomic mass is 10.0. The summed E-state index contributed by atoms with van der Waals surface area (Å²) in [7, 11) is 0. The number of thioether (sulfide) groups is 1. The first kappa shape index (κ1) is 20.0. The van der Waals surface area contributed by atoms with Crippen LogP contribution in [0.1, 0.15) is 21.9 Å². The normalized spacial score (nSPS) is 11.4. The zero-order valence-corrected chi connectivity index (χ0v) is 15.6. The fraction of sp³-hybridized carbons (Fsp3) is 0.136. The topological polar surface area (TPSA) is 29.1 Å². The van der Waals surface area contributed by atoms with Gasteiger partial charge >= 0.3 is 6.18 Å². The van der Waals surface area contributed by atoms with Gasteiger partial charge in [-0.25, -0.2) is 0 Å². The molecule has 0 saturated carbocycles. The molecule has 1 amide bonds. The second-order valence-electron chi connectivity index (χ2n) is 6.10. The maximum absolute atomic E-state index is 13.1. The molecule has 6 heteroatoms. The number of hydrogen-bond donors (Lipinski definition) is 1. The Hall–Kier alpha value is -2.73. The minimum atomic E-state index is -4.52. The number of hydrogen-bond acceptors (Lipinski definition) is 2. The van der Waals surface area contributed by atoms with Crippen molar-refractivity contribution in [1.29, 1.82) is 0 Å². The van der Waals surface area contributed by atoms with Crippen LogP contribution in [0, 0.1) is 0 Å². The Kier molecular flexibility index (Phi) is 6.41. The lowest BCUT2D eigenvalue weighted by molar-refractivity contribution is -0.137. The molecule has 0 aliphatic heterocycles. The van der Waals surface area contributed by atoms with E-state index in [-0.39, 0.29) is 16.7 Å². The van der Waals surface area contributed by atoms with E-state index in [1.165, 1.54) is 30.0 Å². The Morgan fingerprint density at radius 1 is 0.821 bits per heavy atom. The molecule has 28 heavy (non-hydrogen) atoms. The van der Waals surface area contributed by atoms with Crippen molar-refractivity contribution in [2.24, 2.45) is 0 Å². The lowest BCUT2D eigenvalue weighted by Crippen LogP contribution is -2.18. The van der Waals surface area contributed by atoms with Crippen LogP contribution in [0.15, 0.2) is 84.9 Å². The molecule has 0 aliphatic carbocycles. The summed E-state index contributed by atoms with van der Waals surface area (Å²) in [5.41, 5.74) is 0.983. The summed E-state index contributed by atoms with van der Waals surface area (Å²) in [6.45, 7) is 0. The van der Waals surface area contributed by atoms with Crippen LogP contribution < -0.4 is 5.32 Å². The number of halogens is 3. The molecule has 0 aliphatic rings. The van der Waals surface area contributed by atoms with Crippen LogP contribution in [0.3, 0.4) is 0 Å². The van der Waals surface area contributed by atoms with Gasteiger partial charge < -0.3 is 5.32 Å². The van der Waals surface area contributed by atoms with Crippen LogP contribution in [0.5, 0.6) is 0 Å². The van der Waals surface area contributed by atoms with Crippen molar-refractivity contribution >= 4 is 23.4 Å². The SMILES string of the molecule is O=C(CSC(c1ccccc1)c1ccccc1)Nc1ccccc1C(F)(F)F. The molecule has 0 fully saturated rings. The van der Waals surface area contributed by atoms with Gasteiger partial charge in [-0.05, 0) is 23.3 Å². The van der Waals surface area contributed by atoms with E-state index in [9.17, 15) is 18.0 Å². The van der Waals surface area contributed by atoms with Crippen LogP contribution in [-0.2, 0) is 11.0 Å². The second-order valence-corrected chi connectivity index (χ2v) is 7.20. The largest absolute Gasteiger partial charge is 0.418 e. The van der Waals surface area contributed by atoms with Gasteiger partial charge in [0.2, 0.25) is 5.91 Å². The highest BCUT2D eigenvalue weighted by Crippen LogP contribution is 2.37. The number of anilines is 1. The summed E-state index contributed by atoms with van der Waals surface area (Å²) >= 11 is 1.38. The second kappa shape index (κ2) is 8.97. The number of carbonyl (C=O) groups is 1. The molecule has 0 atom stereocenters. The van der Waals surface area contributed by atoms with Crippen molar-refractivity contribution in [3.63, 3.8) is 0 Å². The minimum absolute atomic E-state index is 0.0284. The zero-order valence-electron chi connectivity index (χ0n) is 14.8. The van der Waals surface area contributed by atoms with Gasteiger partial charge in [0.25, 0.3) is 0 Å². The summed E-state index contributed by atoms with van der Waals surface area (Å²) in [5.74, 6) is -0.445. The average molecular weight is 401 g/mol. The van der Waals surface area contributed by atoms with Gasteiger partial charge in [-0.1, -0.05) is 72.8 Å². The Bertz CT molecular complexity index is 874. The highest BCUT2D eigenvalue weighted by Gasteiger charge is 2.33.